The third-order valence-corrected chi connectivity index (χ3v) is 7.74. The van der Waals surface area contributed by atoms with E-state index >= 15 is 0 Å². The van der Waals surface area contributed by atoms with Crippen molar-refractivity contribution in [3.05, 3.63) is 98.0 Å². The van der Waals surface area contributed by atoms with Crippen molar-refractivity contribution in [3.8, 4) is 5.75 Å². The lowest BCUT2D eigenvalue weighted by Crippen LogP contribution is -2.29. The molecule has 0 atom stereocenters. The number of hydrogen-bond donors (Lipinski definition) is 0. The minimum Gasteiger partial charge on any atom is -0.487 e. The molecule has 180 valence electrons. The number of nitrogens with zero attached hydrogens (tertiary/aromatic N) is 3. The first-order chi connectivity index (χ1) is 16.5. The van der Waals surface area contributed by atoms with E-state index in [4.69, 9.17) is 9.72 Å². The highest BCUT2D eigenvalue weighted by atomic mass is 127. The van der Waals surface area contributed by atoms with Gasteiger partial charge in [-0.1, -0.05) is 64.8 Å². The summed E-state index contributed by atoms with van der Waals surface area (Å²) in [6.45, 7) is 6.55. The highest BCUT2D eigenvalue weighted by Crippen LogP contribution is 2.30. The normalized spacial score (nSPS) is 12.0. The molecule has 0 aliphatic heterocycles. The van der Waals surface area contributed by atoms with E-state index in [2.05, 4.69) is 82.1 Å². The van der Waals surface area contributed by atoms with Gasteiger partial charge in [0, 0.05) is 14.4 Å². The summed E-state index contributed by atoms with van der Waals surface area (Å²) >= 11 is 11.4. The maximum atomic E-state index is 13.4. The van der Waals surface area contributed by atoms with Gasteiger partial charge >= 0.3 is 0 Å². The van der Waals surface area contributed by atoms with Crippen LogP contribution in [0.2, 0.25) is 0 Å². The van der Waals surface area contributed by atoms with Crippen LogP contribution in [0, 0.1) is 7.14 Å². The Labute approximate surface area is 247 Å². The summed E-state index contributed by atoms with van der Waals surface area (Å²) in [5.41, 5.74) is 2.05. The first-order valence-corrected chi connectivity index (χ1v) is 14.4. The third-order valence-electron chi connectivity index (χ3n) is 5.12. The van der Waals surface area contributed by atoms with Gasteiger partial charge in [0.2, 0.25) is 0 Å². The molecule has 5 nitrogen and oxygen atoms in total. The Hall–Kier alpha value is -1.31. The summed E-state index contributed by atoms with van der Waals surface area (Å²) in [6, 6.07) is 17.6. The monoisotopic (exact) mass is 819 g/mol. The molecule has 0 saturated heterocycles. The predicted molar refractivity (Wildman–Crippen MR) is 166 cm³/mol. The Kier molecular flexibility index (Phi) is 8.39. The molecule has 0 aliphatic rings. The lowest BCUT2D eigenvalue weighted by atomic mass is 9.95. The molecule has 4 rings (SSSR count). The van der Waals surface area contributed by atoms with Gasteiger partial charge in [-0.05, 0) is 98.8 Å². The van der Waals surface area contributed by atoms with Crippen molar-refractivity contribution >= 4 is 94.2 Å². The summed E-state index contributed by atoms with van der Waals surface area (Å²) in [5.74, 6) is 1.43. The van der Waals surface area contributed by atoms with Crippen molar-refractivity contribution in [2.45, 2.75) is 32.8 Å². The average molecular weight is 821 g/mol. The average Bonchev–Trinajstić information content (AvgIpc) is 2.78. The molecular formula is C26H21Br2I2N3O2. The van der Waals surface area contributed by atoms with Gasteiger partial charge in [0.25, 0.3) is 5.56 Å². The van der Waals surface area contributed by atoms with Gasteiger partial charge in [0.1, 0.15) is 18.2 Å². The lowest BCUT2D eigenvalue weighted by Gasteiger charge is -2.21. The molecule has 0 fully saturated rings. The first kappa shape index (κ1) is 26.7. The summed E-state index contributed by atoms with van der Waals surface area (Å²) in [6.07, 6.45) is 1.70. The van der Waals surface area contributed by atoms with Crippen LogP contribution in [-0.2, 0) is 12.0 Å². The van der Waals surface area contributed by atoms with Gasteiger partial charge in [-0.3, -0.25) is 4.79 Å². The molecule has 0 N–H and O–H groups in total. The number of aromatic nitrogens is 2. The zero-order valence-corrected chi connectivity index (χ0v) is 26.6. The number of ether oxygens (including phenoxy) is 1. The molecule has 0 amide bonds. The molecule has 0 bridgehead atoms. The molecule has 1 heterocycles. The van der Waals surface area contributed by atoms with Crippen LogP contribution >= 0.6 is 77.0 Å². The Balaban J connectivity index is 1.68. The zero-order valence-electron chi connectivity index (χ0n) is 19.2. The second kappa shape index (κ2) is 11.0. The maximum absolute atomic E-state index is 13.4. The smallest absolute Gasteiger partial charge is 0.282 e. The molecule has 0 spiro atoms. The highest BCUT2D eigenvalue weighted by molar-refractivity contribution is 14.1. The van der Waals surface area contributed by atoms with E-state index in [1.807, 2.05) is 69.3 Å². The molecule has 3 aromatic carbocycles. The van der Waals surface area contributed by atoms with Crippen molar-refractivity contribution in [2.75, 3.05) is 0 Å². The molecule has 35 heavy (non-hydrogen) atoms. The summed E-state index contributed by atoms with van der Waals surface area (Å²) in [5, 5.41) is 5.10. The maximum Gasteiger partial charge on any atom is 0.282 e. The van der Waals surface area contributed by atoms with E-state index in [0.29, 0.717) is 23.3 Å². The fourth-order valence-electron chi connectivity index (χ4n) is 3.39. The zero-order chi connectivity index (χ0) is 25.3. The summed E-state index contributed by atoms with van der Waals surface area (Å²) < 4.78 is 11.3. The van der Waals surface area contributed by atoms with E-state index in [9.17, 15) is 4.79 Å². The molecule has 0 radical (unpaired) electrons. The minimum atomic E-state index is -0.370. The van der Waals surface area contributed by atoms with Crippen molar-refractivity contribution in [1.82, 2.24) is 9.66 Å². The van der Waals surface area contributed by atoms with Crippen LogP contribution in [0.5, 0.6) is 5.75 Å². The lowest BCUT2D eigenvalue weighted by molar-refractivity contribution is 0.301. The minimum absolute atomic E-state index is 0.198. The van der Waals surface area contributed by atoms with E-state index in [-0.39, 0.29) is 11.0 Å². The first-order valence-electron chi connectivity index (χ1n) is 10.7. The quantitative estimate of drug-likeness (QED) is 0.152. The topological polar surface area (TPSA) is 56.5 Å². The van der Waals surface area contributed by atoms with Crippen LogP contribution in [0.15, 0.2) is 73.4 Å². The van der Waals surface area contributed by atoms with Gasteiger partial charge < -0.3 is 4.74 Å². The van der Waals surface area contributed by atoms with Gasteiger partial charge in [0.05, 0.1) is 24.3 Å². The fourth-order valence-corrected chi connectivity index (χ4v) is 6.15. The van der Waals surface area contributed by atoms with E-state index in [1.165, 1.54) is 4.68 Å². The van der Waals surface area contributed by atoms with Crippen molar-refractivity contribution in [3.63, 3.8) is 0 Å². The molecule has 0 aliphatic carbocycles. The Morgan fingerprint density at radius 3 is 2.26 bits per heavy atom. The van der Waals surface area contributed by atoms with Gasteiger partial charge in [-0.2, -0.15) is 9.78 Å². The van der Waals surface area contributed by atoms with Crippen LogP contribution in [0.3, 0.4) is 0 Å². The van der Waals surface area contributed by atoms with Crippen LogP contribution in [0.1, 0.15) is 37.7 Å². The standard InChI is InChI=1S/C26H21Br2I2N3O2/c1-26(2,3)25-32-22-9-8-18(28)12-19(22)24(34)33(25)31-13-16-10-20(29)23(21(30)11-16)35-14-15-4-6-17(27)7-5-15/h4-13H,14H2,1-3H3. The highest BCUT2D eigenvalue weighted by Gasteiger charge is 2.23. The van der Waals surface area contributed by atoms with Gasteiger partial charge in [-0.25, -0.2) is 4.98 Å². The second-order valence-corrected chi connectivity index (χ2v) is 13.1. The SMILES string of the molecule is CC(C)(C)c1nc2ccc(Br)cc2c(=O)n1N=Cc1cc(I)c(OCc2ccc(Br)cc2)c(I)c1. The van der Waals surface area contributed by atoms with E-state index in [0.717, 1.165) is 33.0 Å². The molecular weight excluding hydrogens is 800 g/mol. The largest absolute Gasteiger partial charge is 0.487 e. The summed E-state index contributed by atoms with van der Waals surface area (Å²) in [7, 11) is 0. The molecule has 4 aromatic rings. The molecule has 1 aromatic heterocycles. The Morgan fingerprint density at radius 2 is 1.63 bits per heavy atom. The molecule has 0 unspecified atom stereocenters. The molecule has 0 saturated carbocycles. The van der Waals surface area contributed by atoms with Crippen LogP contribution in [-0.4, -0.2) is 15.9 Å². The number of benzene rings is 3. The van der Waals surface area contributed by atoms with Crippen molar-refractivity contribution < 1.29 is 4.74 Å². The van der Waals surface area contributed by atoms with Crippen molar-refractivity contribution in [2.24, 2.45) is 5.10 Å². The molecule has 9 heteroatoms. The summed E-state index contributed by atoms with van der Waals surface area (Å²) in [4.78, 5) is 18.1. The number of fused-ring (bicyclic) bond motifs is 1. The van der Waals surface area contributed by atoms with Crippen LogP contribution < -0.4 is 10.3 Å². The van der Waals surface area contributed by atoms with Crippen LogP contribution in [0.4, 0.5) is 0 Å². The third kappa shape index (κ3) is 6.34. The number of rotatable bonds is 5. The van der Waals surface area contributed by atoms with E-state index < -0.39 is 0 Å². The number of halogens is 4. The Morgan fingerprint density at radius 1 is 1.00 bits per heavy atom. The van der Waals surface area contributed by atoms with Crippen LogP contribution in [0.25, 0.3) is 10.9 Å². The van der Waals surface area contributed by atoms with E-state index in [1.54, 1.807) is 12.3 Å². The number of hydrogen-bond acceptors (Lipinski definition) is 4. The fraction of sp³-hybridized carbons (Fsp3) is 0.192. The van der Waals surface area contributed by atoms with Gasteiger partial charge in [-0.15, -0.1) is 0 Å². The van der Waals surface area contributed by atoms with Crippen molar-refractivity contribution in [1.29, 1.82) is 0 Å². The second-order valence-electron chi connectivity index (χ2n) is 8.94. The Bertz CT molecular complexity index is 1470. The predicted octanol–water partition coefficient (Wildman–Crippen LogP) is 7.89. The van der Waals surface area contributed by atoms with Gasteiger partial charge in [0.15, 0.2) is 0 Å².